The molecule has 0 spiro atoms. The molecule has 0 saturated carbocycles. The molecular formula is C10H17N3. The molecule has 13 heavy (non-hydrogen) atoms. The summed E-state index contributed by atoms with van der Waals surface area (Å²) in [6, 6.07) is 0. The predicted octanol–water partition coefficient (Wildman–Crippen LogP) is 1.52. The topological polar surface area (TPSA) is 51.8 Å². The first-order valence-electron chi connectivity index (χ1n) is 4.72. The lowest BCUT2D eigenvalue weighted by Crippen LogP contribution is -2.02. The Morgan fingerprint density at radius 1 is 1.31 bits per heavy atom. The van der Waals surface area contributed by atoms with E-state index in [1.165, 1.54) is 0 Å². The van der Waals surface area contributed by atoms with E-state index in [1.807, 2.05) is 12.4 Å². The summed E-state index contributed by atoms with van der Waals surface area (Å²) in [5.41, 5.74) is 6.44. The van der Waals surface area contributed by atoms with Gasteiger partial charge in [0.25, 0.3) is 0 Å². The summed E-state index contributed by atoms with van der Waals surface area (Å²) in [6.07, 6.45) is 5.72. The Morgan fingerprint density at radius 2 is 1.92 bits per heavy atom. The molecule has 0 bridgehead atoms. The first-order chi connectivity index (χ1) is 6.22. The normalized spacial score (nSPS) is 10.8. The van der Waals surface area contributed by atoms with Crippen LogP contribution >= 0.6 is 0 Å². The van der Waals surface area contributed by atoms with Crippen LogP contribution in [0.4, 0.5) is 0 Å². The van der Waals surface area contributed by atoms with Crippen molar-refractivity contribution in [3.63, 3.8) is 0 Å². The summed E-state index contributed by atoms with van der Waals surface area (Å²) in [5.74, 6) is 1.63. The highest BCUT2D eigenvalue weighted by Gasteiger charge is 1.99. The van der Waals surface area contributed by atoms with Crippen LogP contribution in [0.1, 0.15) is 31.7 Å². The third-order valence-electron chi connectivity index (χ3n) is 1.94. The minimum Gasteiger partial charge on any atom is -0.326 e. The largest absolute Gasteiger partial charge is 0.326 e. The van der Waals surface area contributed by atoms with E-state index < -0.39 is 0 Å². The van der Waals surface area contributed by atoms with E-state index in [0.29, 0.717) is 12.5 Å². The monoisotopic (exact) mass is 179 g/mol. The van der Waals surface area contributed by atoms with E-state index in [9.17, 15) is 0 Å². The quantitative estimate of drug-likeness (QED) is 0.762. The van der Waals surface area contributed by atoms with Crippen molar-refractivity contribution >= 4 is 0 Å². The van der Waals surface area contributed by atoms with Crippen LogP contribution in [-0.2, 0) is 13.0 Å². The van der Waals surface area contributed by atoms with Gasteiger partial charge in [0.2, 0.25) is 0 Å². The SMILES string of the molecule is CC(C)CCc1ncc(CN)cn1. The molecule has 3 nitrogen and oxygen atoms in total. The maximum Gasteiger partial charge on any atom is 0.128 e. The maximum absolute atomic E-state index is 5.44. The van der Waals surface area contributed by atoms with Crippen LogP contribution in [0.5, 0.6) is 0 Å². The molecule has 1 aromatic heterocycles. The summed E-state index contributed by atoms with van der Waals surface area (Å²) < 4.78 is 0. The Morgan fingerprint density at radius 3 is 2.38 bits per heavy atom. The Labute approximate surface area is 79.4 Å². The lowest BCUT2D eigenvalue weighted by molar-refractivity contribution is 0.574. The van der Waals surface area contributed by atoms with Gasteiger partial charge >= 0.3 is 0 Å². The Balaban J connectivity index is 2.49. The van der Waals surface area contributed by atoms with Gasteiger partial charge in [-0.3, -0.25) is 0 Å². The molecule has 0 fully saturated rings. The van der Waals surface area contributed by atoms with Crippen molar-refractivity contribution in [1.82, 2.24) is 9.97 Å². The number of rotatable bonds is 4. The zero-order chi connectivity index (χ0) is 9.68. The van der Waals surface area contributed by atoms with E-state index in [0.717, 1.165) is 24.2 Å². The number of nitrogens with two attached hydrogens (primary N) is 1. The van der Waals surface area contributed by atoms with Gasteiger partial charge in [-0.15, -0.1) is 0 Å². The van der Waals surface area contributed by atoms with Gasteiger partial charge in [-0.1, -0.05) is 13.8 Å². The minimum absolute atomic E-state index is 0.518. The highest BCUT2D eigenvalue weighted by atomic mass is 14.9. The molecular weight excluding hydrogens is 162 g/mol. The van der Waals surface area contributed by atoms with Gasteiger partial charge in [-0.05, 0) is 12.3 Å². The van der Waals surface area contributed by atoms with Crippen LogP contribution in [0.25, 0.3) is 0 Å². The molecule has 0 unspecified atom stereocenters. The average Bonchev–Trinajstić information content (AvgIpc) is 2.15. The smallest absolute Gasteiger partial charge is 0.128 e. The van der Waals surface area contributed by atoms with Gasteiger partial charge in [0.1, 0.15) is 5.82 Å². The summed E-state index contributed by atoms with van der Waals surface area (Å²) in [7, 11) is 0. The summed E-state index contributed by atoms with van der Waals surface area (Å²) in [5, 5.41) is 0. The Kier molecular flexibility index (Phi) is 3.83. The second-order valence-corrected chi connectivity index (χ2v) is 3.64. The van der Waals surface area contributed by atoms with E-state index in [4.69, 9.17) is 5.73 Å². The van der Waals surface area contributed by atoms with Crippen molar-refractivity contribution in [3.05, 3.63) is 23.8 Å². The molecule has 0 radical (unpaired) electrons. The van der Waals surface area contributed by atoms with E-state index in [2.05, 4.69) is 23.8 Å². The van der Waals surface area contributed by atoms with Gasteiger partial charge in [0, 0.05) is 30.9 Å². The van der Waals surface area contributed by atoms with Crippen molar-refractivity contribution < 1.29 is 0 Å². The lowest BCUT2D eigenvalue weighted by atomic mass is 10.1. The zero-order valence-electron chi connectivity index (χ0n) is 8.33. The van der Waals surface area contributed by atoms with E-state index >= 15 is 0 Å². The molecule has 0 amide bonds. The molecule has 1 rings (SSSR count). The summed E-state index contributed by atoms with van der Waals surface area (Å²) >= 11 is 0. The standard InChI is InChI=1S/C10H17N3/c1-8(2)3-4-10-12-6-9(5-11)7-13-10/h6-8H,3-5,11H2,1-2H3. The zero-order valence-corrected chi connectivity index (χ0v) is 8.33. The molecule has 2 N–H and O–H groups in total. The second-order valence-electron chi connectivity index (χ2n) is 3.64. The summed E-state index contributed by atoms with van der Waals surface area (Å²) in [4.78, 5) is 8.46. The molecule has 0 aliphatic carbocycles. The molecule has 1 aromatic rings. The third-order valence-corrected chi connectivity index (χ3v) is 1.94. The molecule has 1 heterocycles. The van der Waals surface area contributed by atoms with E-state index in [1.54, 1.807) is 0 Å². The van der Waals surface area contributed by atoms with Crippen LogP contribution in [0.2, 0.25) is 0 Å². The van der Waals surface area contributed by atoms with Crippen molar-refractivity contribution in [3.8, 4) is 0 Å². The van der Waals surface area contributed by atoms with Crippen molar-refractivity contribution in [2.24, 2.45) is 11.7 Å². The van der Waals surface area contributed by atoms with Gasteiger partial charge in [-0.25, -0.2) is 9.97 Å². The fourth-order valence-corrected chi connectivity index (χ4v) is 1.03. The number of hydrogen-bond donors (Lipinski definition) is 1. The Hall–Kier alpha value is -0.960. The predicted molar refractivity (Wildman–Crippen MR) is 53.1 cm³/mol. The van der Waals surface area contributed by atoms with Crippen molar-refractivity contribution in [2.45, 2.75) is 33.2 Å². The number of aromatic nitrogens is 2. The molecule has 0 aromatic carbocycles. The van der Waals surface area contributed by atoms with Crippen LogP contribution in [0.15, 0.2) is 12.4 Å². The third kappa shape index (κ3) is 3.51. The molecule has 3 heteroatoms. The van der Waals surface area contributed by atoms with Crippen molar-refractivity contribution in [1.29, 1.82) is 0 Å². The van der Waals surface area contributed by atoms with Crippen LogP contribution in [0.3, 0.4) is 0 Å². The highest BCUT2D eigenvalue weighted by Crippen LogP contribution is 2.04. The van der Waals surface area contributed by atoms with Crippen LogP contribution in [-0.4, -0.2) is 9.97 Å². The highest BCUT2D eigenvalue weighted by molar-refractivity contribution is 5.04. The minimum atomic E-state index is 0.518. The molecule has 0 aliphatic heterocycles. The molecule has 0 atom stereocenters. The fourth-order valence-electron chi connectivity index (χ4n) is 1.03. The summed E-state index contributed by atoms with van der Waals surface area (Å²) in [6.45, 7) is 4.92. The molecule has 0 aliphatic rings. The molecule has 72 valence electrons. The van der Waals surface area contributed by atoms with Crippen LogP contribution in [0, 0.1) is 5.92 Å². The van der Waals surface area contributed by atoms with Crippen molar-refractivity contribution in [2.75, 3.05) is 0 Å². The fraction of sp³-hybridized carbons (Fsp3) is 0.600. The van der Waals surface area contributed by atoms with Gasteiger partial charge in [-0.2, -0.15) is 0 Å². The Bertz CT molecular complexity index is 241. The van der Waals surface area contributed by atoms with Gasteiger partial charge < -0.3 is 5.73 Å². The first-order valence-corrected chi connectivity index (χ1v) is 4.72. The second kappa shape index (κ2) is 4.92. The first kappa shape index (κ1) is 10.1. The van der Waals surface area contributed by atoms with Gasteiger partial charge in [0.05, 0.1) is 0 Å². The average molecular weight is 179 g/mol. The van der Waals surface area contributed by atoms with E-state index in [-0.39, 0.29) is 0 Å². The molecule has 0 saturated heterocycles. The van der Waals surface area contributed by atoms with Crippen LogP contribution < -0.4 is 5.73 Å². The maximum atomic E-state index is 5.44. The number of aryl methyl sites for hydroxylation is 1. The number of hydrogen-bond acceptors (Lipinski definition) is 3. The van der Waals surface area contributed by atoms with Gasteiger partial charge in [0.15, 0.2) is 0 Å². The lowest BCUT2D eigenvalue weighted by Gasteiger charge is -2.03. The number of nitrogens with zero attached hydrogens (tertiary/aromatic N) is 2.